The molecule has 178 valence electrons. The Morgan fingerprint density at radius 2 is 2.00 bits per heavy atom. The van der Waals surface area contributed by atoms with Crippen molar-refractivity contribution in [2.45, 2.75) is 25.8 Å². The van der Waals surface area contributed by atoms with E-state index in [0.29, 0.717) is 27.6 Å². The van der Waals surface area contributed by atoms with Crippen molar-refractivity contribution < 1.29 is 5.11 Å². The molecule has 0 saturated carbocycles. The van der Waals surface area contributed by atoms with Crippen LogP contribution in [-0.4, -0.2) is 60.2 Å². The molecule has 3 heterocycles. The summed E-state index contributed by atoms with van der Waals surface area (Å²) in [4.78, 5) is 4.69. The van der Waals surface area contributed by atoms with Gasteiger partial charge in [-0.05, 0) is 61.9 Å². The number of benzene rings is 1. The van der Waals surface area contributed by atoms with Gasteiger partial charge in [0.2, 0.25) is 0 Å². The first-order valence-electron chi connectivity index (χ1n) is 11.5. The predicted molar refractivity (Wildman–Crippen MR) is 135 cm³/mol. The monoisotopic (exact) mass is 490 g/mol. The second-order valence-corrected chi connectivity index (χ2v) is 9.96. The number of nitrogens with zero attached hydrogens (tertiary/aromatic N) is 3. The lowest BCUT2D eigenvalue weighted by molar-refractivity contribution is 0.102. The minimum absolute atomic E-state index is 0.128. The van der Waals surface area contributed by atoms with Crippen LogP contribution in [0.25, 0.3) is 0 Å². The summed E-state index contributed by atoms with van der Waals surface area (Å²) in [5, 5.41) is 30.1. The number of aliphatic hydroxyl groups is 1. The summed E-state index contributed by atoms with van der Waals surface area (Å²) in [7, 11) is 0. The number of hydrogen-bond acceptors (Lipinski definition) is 6. The van der Waals surface area contributed by atoms with Gasteiger partial charge in [0.25, 0.3) is 0 Å². The summed E-state index contributed by atoms with van der Waals surface area (Å²) in [5.74, 6) is 1.30. The second kappa shape index (κ2) is 10.5. The maximum Gasteiger partial charge on any atom is 0.154 e. The van der Waals surface area contributed by atoms with Crippen molar-refractivity contribution in [3.63, 3.8) is 0 Å². The van der Waals surface area contributed by atoms with Crippen LogP contribution in [0.1, 0.15) is 31.4 Å². The first-order chi connectivity index (χ1) is 15.9. The maximum atomic E-state index is 9.26. The summed E-state index contributed by atoms with van der Waals surface area (Å²) in [6.45, 7) is 7.09. The van der Waals surface area contributed by atoms with E-state index < -0.39 is 0 Å². The van der Waals surface area contributed by atoms with E-state index in [9.17, 15) is 5.11 Å². The fourth-order valence-electron chi connectivity index (χ4n) is 4.99. The number of likely N-dealkylation sites (tertiary alicyclic amines) is 1. The Kier molecular flexibility index (Phi) is 7.64. The van der Waals surface area contributed by atoms with Gasteiger partial charge in [-0.2, -0.15) is 0 Å². The Labute approximate surface area is 204 Å². The standard InChI is InChI=1S/C24H32Cl2N6O/c1-16(21-5-4-19(25)9-22(21)26)29-23-10-20(14-32(15-27)24(23)28)31-12-18(13-31)17-3-2-6-30(11-17)7-8-33/h4-5,9-10,14-18,27-29,33H,2-3,6-8,11-13H2,1H3. The van der Waals surface area contributed by atoms with Crippen LogP contribution in [0, 0.1) is 22.7 Å². The van der Waals surface area contributed by atoms with Gasteiger partial charge in [-0.1, -0.05) is 29.3 Å². The van der Waals surface area contributed by atoms with Crippen molar-refractivity contribution in [3.05, 3.63) is 51.6 Å². The molecule has 2 atom stereocenters. The Balaban J connectivity index is 1.47. The summed E-state index contributed by atoms with van der Waals surface area (Å²) < 4.78 is 1.53. The molecule has 0 amide bonds. The average molecular weight is 491 g/mol. The van der Waals surface area contributed by atoms with Crippen molar-refractivity contribution in [2.24, 2.45) is 11.8 Å². The third kappa shape index (κ3) is 5.38. The predicted octanol–water partition coefficient (Wildman–Crippen LogP) is 4.04. The van der Waals surface area contributed by atoms with E-state index in [1.54, 1.807) is 6.07 Å². The van der Waals surface area contributed by atoms with Gasteiger partial charge in [-0.3, -0.25) is 15.4 Å². The van der Waals surface area contributed by atoms with Crippen molar-refractivity contribution in [1.82, 2.24) is 9.47 Å². The Morgan fingerprint density at radius 3 is 2.70 bits per heavy atom. The fraction of sp³-hybridized carbons (Fsp3) is 0.500. The van der Waals surface area contributed by atoms with Crippen LogP contribution in [0.15, 0.2) is 30.5 Å². The van der Waals surface area contributed by atoms with Crippen LogP contribution < -0.4 is 15.7 Å². The minimum atomic E-state index is -0.128. The highest BCUT2D eigenvalue weighted by Gasteiger charge is 2.36. The molecule has 4 N–H and O–H groups in total. The fourth-order valence-corrected chi connectivity index (χ4v) is 5.56. The maximum absolute atomic E-state index is 9.26. The number of aliphatic hydroxyl groups excluding tert-OH is 1. The summed E-state index contributed by atoms with van der Waals surface area (Å²) >= 11 is 12.4. The lowest BCUT2D eigenvalue weighted by Gasteiger charge is -2.47. The Bertz CT molecular complexity index is 1050. The highest BCUT2D eigenvalue weighted by molar-refractivity contribution is 6.35. The van der Waals surface area contributed by atoms with Gasteiger partial charge in [0.15, 0.2) is 5.49 Å². The summed E-state index contributed by atoms with van der Waals surface area (Å²) in [6.07, 6.45) is 5.47. The molecular weight excluding hydrogens is 459 g/mol. The van der Waals surface area contributed by atoms with Crippen molar-refractivity contribution >= 4 is 40.9 Å². The molecule has 4 rings (SSSR count). The third-order valence-corrected chi connectivity index (χ3v) is 7.48. The van der Waals surface area contributed by atoms with E-state index in [1.165, 1.54) is 23.7 Å². The van der Waals surface area contributed by atoms with E-state index in [-0.39, 0.29) is 18.1 Å². The first-order valence-corrected chi connectivity index (χ1v) is 12.3. The topological polar surface area (TPSA) is 91.4 Å². The molecular formula is C24H32Cl2N6O. The van der Waals surface area contributed by atoms with Crippen LogP contribution >= 0.6 is 23.2 Å². The highest BCUT2D eigenvalue weighted by Crippen LogP contribution is 2.35. The number of piperidine rings is 1. The molecule has 2 aliphatic heterocycles. The second-order valence-electron chi connectivity index (χ2n) is 9.12. The molecule has 33 heavy (non-hydrogen) atoms. The van der Waals surface area contributed by atoms with Crippen LogP contribution in [0.4, 0.5) is 11.4 Å². The van der Waals surface area contributed by atoms with Gasteiger partial charge < -0.3 is 20.2 Å². The molecule has 0 aliphatic carbocycles. The molecule has 2 aliphatic rings. The van der Waals surface area contributed by atoms with Gasteiger partial charge in [0.05, 0.1) is 30.4 Å². The smallest absolute Gasteiger partial charge is 0.154 e. The van der Waals surface area contributed by atoms with E-state index in [0.717, 1.165) is 44.0 Å². The van der Waals surface area contributed by atoms with Crippen molar-refractivity contribution in [2.75, 3.05) is 49.5 Å². The van der Waals surface area contributed by atoms with Crippen LogP contribution in [0.2, 0.25) is 10.0 Å². The Hall–Kier alpha value is -2.06. The first kappa shape index (κ1) is 24.1. The van der Waals surface area contributed by atoms with E-state index in [1.807, 2.05) is 31.3 Å². The van der Waals surface area contributed by atoms with E-state index >= 15 is 0 Å². The van der Waals surface area contributed by atoms with Gasteiger partial charge >= 0.3 is 0 Å². The number of rotatable bonds is 8. The van der Waals surface area contributed by atoms with Crippen molar-refractivity contribution in [3.8, 4) is 0 Å². The number of halogens is 2. The van der Waals surface area contributed by atoms with Gasteiger partial charge in [0, 0.05) is 42.4 Å². The third-order valence-electron chi connectivity index (χ3n) is 6.92. The lowest BCUT2D eigenvalue weighted by Crippen LogP contribution is -2.54. The number of anilines is 2. The number of hydrogen-bond donors (Lipinski definition) is 4. The molecule has 2 fully saturated rings. The lowest BCUT2D eigenvalue weighted by atomic mass is 9.80. The summed E-state index contributed by atoms with van der Waals surface area (Å²) in [5.41, 5.74) is 2.80. The number of nitrogens with one attached hydrogen (secondary N) is 3. The molecule has 7 nitrogen and oxygen atoms in total. The molecule has 1 aromatic heterocycles. The quantitative estimate of drug-likeness (QED) is 0.331. The normalized spacial score (nSPS) is 20.4. The molecule has 2 unspecified atom stereocenters. The largest absolute Gasteiger partial charge is 0.395 e. The average Bonchev–Trinajstić information content (AvgIpc) is 2.75. The molecule has 0 spiro atoms. The molecule has 0 bridgehead atoms. The zero-order chi connectivity index (χ0) is 23.5. The number of pyridine rings is 1. The van der Waals surface area contributed by atoms with Crippen LogP contribution in [0.5, 0.6) is 0 Å². The van der Waals surface area contributed by atoms with Crippen LogP contribution in [0.3, 0.4) is 0 Å². The highest BCUT2D eigenvalue weighted by atomic mass is 35.5. The van der Waals surface area contributed by atoms with Crippen LogP contribution in [-0.2, 0) is 0 Å². The number of aromatic nitrogens is 1. The Morgan fingerprint density at radius 1 is 1.21 bits per heavy atom. The van der Waals surface area contributed by atoms with Gasteiger partial charge in [0.1, 0.15) is 0 Å². The molecule has 0 radical (unpaired) electrons. The zero-order valence-corrected chi connectivity index (χ0v) is 20.4. The number of β-amino-alcohol motifs (C(OH)–C–C–N with tert-alkyl or cyclic N) is 1. The summed E-state index contributed by atoms with van der Waals surface area (Å²) in [6, 6.07) is 7.30. The SMILES string of the molecule is CC(Nc1cc(N2CC(C3CCCN(CCO)C3)C2)cn(C=N)c1=N)c1ccc(Cl)cc1Cl. The molecule has 9 heteroatoms. The molecule has 2 aromatic rings. The van der Waals surface area contributed by atoms with Gasteiger partial charge in [-0.25, -0.2) is 0 Å². The molecule has 2 saturated heterocycles. The minimum Gasteiger partial charge on any atom is -0.395 e. The zero-order valence-electron chi connectivity index (χ0n) is 18.9. The van der Waals surface area contributed by atoms with E-state index in [2.05, 4.69) is 15.1 Å². The van der Waals surface area contributed by atoms with Crippen molar-refractivity contribution in [1.29, 1.82) is 10.8 Å². The van der Waals surface area contributed by atoms with E-state index in [4.69, 9.17) is 34.0 Å². The van der Waals surface area contributed by atoms with Gasteiger partial charge in [-0.15, -0.1) is 0 Å². The molecule has 1 aromatic carbocycles.